The van der Waals surface area contributed by atoms with E-state index in [1.54, 1.807) is 18.3 Å². The number of halogens is 1. The van der Waals surface area contributed by atoms with E-state index in [-0.39, 0.29) is 11.9 Å². The molecule has 0 aliphatic carbocycles. The number of benzene rings is 1. The molecule has 3 rings (SSSR count). The van der Waals surface area contributed by atoms with Crippen molar-refractivity contribution in [2.45, 2.75) is 25.9 Å². The quantitative estimate of drug-likeness (QED) is 0.874. The van der Waals surface area contributed by atoms with Gasteiger partial charge in [0, 0.05) is 32.3 Å². The minimum atomic E-state index is -0.225. The molecule has 2 heterocycles. The first kappa shape index (κ1) is 14.9. The summed E-state index contributed by atoms with van der Waals surface area (Å²) in [4.78, 5) is 11.2. The van der Waals surface area contributed by atoms with E-state index in [0.717, 1.165) is 43.3 Å². The Morgan fingerprint density at radius 3 is 2.91 bits per heavy atom. The molecule has 1 fully saturated rings. The van der Waals surface area contributed by atoms with Crippen LogP contribution in [0.5, 0.6) is 0 Å². The SMILES string of the molecule is C[C@@H]1CN(c2ccnc(Cc3ccc(F)cc3)n2)CCCO1. The molecule has 1 aromatic heterocycles. The third-order valence-electron chi connectivity index (χ3n) is 3.74. The second-order valence-corrected chi connectivity index (χ2v) is 5.62. The van der Waals surface area contributed by atoms with Gasteiger partial charge in [0.05, 0.1) is 6.10 Å². The maximum Gasteiger partial charge on any atom is 0.135 e. The third-order valence-corrected chi connectivity index (χ3v) is 3.74. The van der Waals surface area contributed by atoms with Crippen molar-refractivity contribution in [3.63, 3.8) is 0 Å². The molecule has 1 aliphatic heterocycles. The fourth-order valence-electron chi connectivity index (χ4n) is 2.64. The smallest absolute Gasteiger partial charge is 0.135 e. The van der Waals surface area contributed by atoms with E-state index in [2.05, 4.69) is 21.8 Å². The molecule has 1 atom stereocenters. The molecule has 2 aromatic rings. The van der Waals surface area contributed by atoms with Gasteiger partial charge in [0.2, 0.25) is 0 Å². The predicted molar refractivity (Wildman–Crippen MR) is 83.5 cm³/mol. The number of hydrogen-bond donors (Lipinski definition) is 0. The molecule has 116 valence electrons. The summed E-state index contributed by atoms with van der Waals surface area (Å²) < 4.78 is 18.6. The third kappa shape index (κ3) is 3.80. The van der Waals surface area contributed by atoms with Crippen molar-refractivity contribution in [2.75, 3.05) is 24.6 Å². The van der Waals surface area contributed by atoms with Crippen LogP contribution in [0.4, 0.5) is 10.2 Å². The average molecular weight is 301 g/mol. The molecule has 4 nitrogen and oxygen atoms in total. The van der Waals surface area contributed by atoms with E-state index in [9.17, 15) is 4.39 Å². The topological polar surface area (TPSA) is 38.2 Å². The van der Waals surface area contributed by atoms with Crippen LogP contribution in [0.3, 0.4) is 0 Å². The lowest BCUT2D eigenvalue weighted by Crippen LogP contribution is -2.31. The van der Waals surface area contributed by atoms with E-state index in [0.29, 0.717) is 6.42 Å². The number of nitrogens with zero attached hydrogens (tertiary/aromatic N) is 3. The summed E-state index contributed by atoms with van der Waals surface area (Å²) in [6, 6.07) is 8.41. The van der Waals surface area contributed by atoms with Gasteiger partial charge >= 0.3 is 0 Å². The summed E-state index contributed by atoms with van der Waals surface area (Å²) in [5, 5.41) is 0. The van der Waals surface area contributed by atoms with E-state index in [1.807, 2.05) is 6.07 Å². The lowest BCUT2D eigenvalue weighted by Gasteiger charge is -2.23. The summed E-state index contributed by atoms with van der Waals surface area (Å²) in [7, 11) is 0. The molecule has 0 radical (unpaired) electrons. The van der Waals surface area contributed by atoms with Crippen LogP contribution in [-0.2, 0) is 11.2 Å². The number of aromatic nitrogens is 2. The Balaban J connectivity index is 1.75. The molecule has 0 amide bonds. The van der Waals surface area contributed by atoms with Crippen molar-refractivity contribution in [2.24, 2.45) is 0 Å². The van der Waals surface area contributed by atoms with Crippen LogP contribution in [0.2, 0.25) is 0 Å². The Morgan fingerprint density at radius 1 is 1.27 bits per heavy atom. The zero-order chi connectivity index (χ0) is 15.4. The number of rotatable bonds is 3. The van der Waals surface area contributed by atoms with Gasteiger partial charge in [0.1, 0.15) is 17.5 Å². The minimum absolute atomic E-state index is 0.206. The molecule has 5 heteroatoms. The molecular formula is C17H20FN3O. The second kappa shape index (κ2) is 6.83. The monoisotopic (exact) mass is 301 g/mol. The fraction of sp³-hybridized carbons (Fsp3) is 0.412. The fourth-order valence-corrected chi connectivity index (χ4v) is 2.64. The molecule has 1 aliphatic rings. The molecule has 0 unspecified atom stereocenters. The molecule has 0 bridgehead atoms. The van der Waals surface area contributed by atoms with Crippen LogP contribution in [0, 0.1) is 5.82 Å². The van der Waals surface area contributed by atoms with Gasteiger partial charge in [0.25, 0.3) is 0 Å². The Bertz CT molecular complexity index is 618. The van der Waals surface area contributed by atoms with Crippen molar-refractivity contribution in [1.82, 2.24) is 9.97 Å². The lowest BCUT2D eigenvalue weighted by molar-refractivity contribution is 0.0820. The van der Waals surface area contributed by atoms with Crippen LogP contribution >= 0.6 is 0 Å². The zero-order valence-electron chi connectivity index (χ0n) is 12.7. The minimum Gasteiger partial charge on any atom is -0.377 e. The van der Waals surface area contributed by atoms with Crippen LogP contribution in [-0.4, -0.2) is 35.8 Å². The van der Waals surface area contributed by atoms with Gasteiger partial charge in [-0.2, -0.15) is 0 Å². The number of hydrogen-bond acceptors (Lipinski definition) is 4. The van der Waals surface area contributed by atoms with E-state index in [1.165, 1.54) is 12.1 Å². The highest BCUT2D eigenvalue weighted by Gasteiger charge is 2.16. The summed E-state index contributed by atoms with van der Waals surface area (Å²) in [5.74, 6) is 1.46. The molecule has 1 saturated heterocycles. The highest BCUT2D eigenvalue weighted by molar-refractivity contribution is 5.38. The first-order valence-corrected chi connectivity index (χ1v) is 7.63. The van der Waals surface area contributed by atoms with E-state index in [4.69, 9.17) is 4.74 Å². The molecule has 0 saturated carbocycles. The van der Waals surface area contributed by atoms with E-state index >= 15 is 0 Å². The highest BCUT2D eigenvalue weighted by Crippen LogP contribution is 2.16. The van der Waals surface area contributed by atoms with Gasteiger partial charge in [-0.1, -0.05) is 12.1 Å². The van der Waals surface area contributed by atoms with Gasteiger partial charge in [-0.3, -0.25) is 0 Å². The Morgan fingerprint density at radius 2 is 2.09 bits per heavy atom. The van der Waals surface area contributed by atoms with Crippen molar-refractivity contribution in [3.05, 3.63) is 53.7 Å². The lowest BCUT2D eigenvalue weighted by atomic mass is 10.1. The van der Waals surface area contributed by atoms with Gasteiger partial charge in [0.15, 0.2) is 0 Å². The molecule has 0 N–H and O–H groups in total. The Labute approximate surface area is 130 Å². The summed E-state index contributed by atoms with van der Waals surface area (Å²) in [6.45, 7) is 4.66. The maximum atomic E-state index is 13.0. The largest absolute Gasteiger partial charge is 0.377 e. The van der Waals surface area contributed by atoms with Gasteiger partial charge < -0.3 is 9.64 Å². The maximum absolute atomic E-state index is 13.0. The van der Waals surface area contributed by atoms with Crippen molar-refractivity contribution >= 4 is 5.82 Å². The van der Waals surface area contributed by atoms with Gasteiger partial charge in [-0.15, -0.1) is 0 Å². The molecule has 1 aromatic carbocycles. The molecule has 0 spiro atoms. The standard InChI is InChI=1S/C17H20FN3O/c1-13-12-21(9-2-10-22-13)17-7-8-19-16(20-17)11-14-3-5-15(18)6-4-14/h3-8,13H,2,9-12H2,1H3/t13-/m1/s1. The Kier molecular flexibility index (Phi) is 4.63. The highest BCUT2D eigenvalue weighted by atomic mass is 19.1. The molecule has 22 heavy (non-hydrogen) atoms. The van der Waals surface area contributed by atoms with Crippen molar-refractivity contribution in [3.8, 4) is 0 Å². The van der Waals surface area contributed by atoms with Crippen LogP contribution in [0.15, 0.2) is 36.5 Å². The van der Waals surface area contributed by atoms with Crippen molar-refractivity contribution < 1.29 is 9.13 Å². The second-order valence-electron chi connectivity index (χ2n) is 5.62. The van der Waals surface area contributed by atoms with Gasteiger partial charge in [-0.25, -0.2) is 14.4 Å². The molecular weight excluding hydrogens is 281 g/mol. The van der Waals surface area contributed by atoms with Crippen molar-refractivity contribution in [1.29, 1.82) is 0 Å². The normalized spacial score (nSPS) is 19.0. The van der Waals surface area contributed by atoms with Crippen LogP contribution < -0.4 is 4.90 Å². The summed E-state index contributed by atoms with van der Waals surface area (Å²) >= 11 is 0. The van der Waals surface area contributed by atoms with Crippen LogP contribution in [0.1, 0.15) is 24.7 Å². The van der Waals surface area contributed by atoms with E-state index < -0.39 is 0 Å². The first-order chi connectivity index (χ1) is 10.7. The average Bonchev–Trinajstić information content (AvgIpc) is 2.75. The number of ether oxygens (including phenoxy) is 1. The number of anilines is 1. The summed E-state index contributed by atoms with van der Waals surface area (Å²) in [6.07, 6.45) is 3.60. The first-order valence-electron chi connectivity index (χ1n) is 7.63. The van der Waals surface area contributed by atoms with Crippen LogP contribution in [0.25, 0.3) is 0 Å². The predicted octanol–water partition coefficient (Wildman–Crippen LogP) is 2.82. The Hall–Kier alpha value is -2.01. The zero-order valence-corrected chi connectivity index (χ0v) is 12.7. The summed E-state index contributed by atoms with van der Waals surface area (Å²) in [5.41, 5.74) is 1.01. The van der Waals surface area contributed by atoms with Gasteiger partial charge in [-0.05, 0) is 37.1 Å².